The van der Waals surface area contributed by atoms with E-state index in [4.69, 9.17) is 11.6 Å². The van der Waals surface area contributed by atoms with Crippen molar-refractivity contribution in [2.75, 3.05) is 0 Å². The number of nitrogens with zero attached hydrogens (tertiary/aromatic N) is 3. The van der Waals surface area contributed by atoms with E-state index in [1.54, 1.807) is 4.68 Å². The first kappa shape index (κ1) is 19.9. The van der Waals surface area contributed by atoms with Gasteiger partial charge >= 0.3 is 0 Å². The van der Waals surface area contributed by atoms with E-state index < -0.39 is 0 Å². The molecule has 0 aliphatic rings. The zero-order valence-corrected chi connectivity index (χ0v) is 17.5. The van der Waals surface area contributed by atoms with E-state index in [9.17, 15) is 4.79 Å². The Morgan fingerprint density at radius 3 is 2.43 bits per heavy atom. The zero-order valence-electron chi connectivity index (χ0n) is 16.8. The molecular weight excluding hydrogens is 396 g/mol. The van der Waals surface area contributed by atoms with Gasteiger partial charge in [0.1, 0.15) is 0 Å². The third kappa shape index (κ3) is 4.11. The summed E-state index contributed by atoms with van der Waals surface area (Å²) in [4.78, 5) is 17.3. The molecule has 3 aromatic carbocycles. The highest BCUT2D eigenvalue weighted by Crippen LogP contribution is 2.27. The molecule has 0 unspecified atom stereocenters. The van der Waals surface area contributed by atoms with E-state index in [0.29, 0.717) is 17.4 Å². The van der Waals surface area contributed by atoms with Crippen LogP contribution in [0.25, 0.3) is 17.1 Å². The minimum absolute atomic E-state index is 0.112. The second kappa shape index (κ2) is 8.51. The summed E-state index contributed by atoms with van der Waals surface area (Å²) in [5.41, 5.74) is 4.68. The molecule has 0 atom stereocenters. The quantitative estimate of drug-likeness (QED) is 0.490. The molecular formula is C24H21ClN4O. The fourth-order valence-electron chi connectivity index (χ4n) is 3.15. The maximum Gasteiger partial charge on any atom is 0.291 e. The molecule has 0 radical (unpaired) electrons. The maximum atomic E-state index is 12.8. The second-order valence-corrected chi connectivity index (χ2v) is 7.50. The number of aromatic nitrogens is 3. The van der Waals surface area contributed by atoms with Gasteiger partial charge in [0.25, 0.3) is 5.91 Å². The average Bonchev–Trinajstić information content (AvgIpc) is 3.20. The number of hydrogen-bond acceptors (Lipinski definition) is 3. The molecule has 150 valence electrons. The van der Waals surface area contributed by atoms with Crippen LogP contribution in [0.15, 0.2) is 72.8 Å². The van der Waals surface area contributed by atoms with Gasteiger partial charge in [0.15, 0.2) is 5.82 Å². The van der Waals surface area contributed by atoms with E-state index in [1.807, 2.05) is 86.6 Å². The number of carbonyl (C=O) groups excluding carboxylic acids is 1. The standard InChI is InChI=1S/C24H21ClN4O/c1-16-11-13-19(14-12-16)23-27-22(24(30)26-15-18-7-4-3-5-8-18)28-29(23)21-10-6-9-20(25)17(21)2/h3-14H,15H2,1-2H3,(H,26,30). The van der Waals surface area contributed by atoms with Gasteiger partial charge in [-0.1, -0.05) is 77.8 Å². The fraction of sp³-hybridized carbons (Fsp3) is 0.125. The normalized spacial score (nSPS) is 10.8. The Kier molecular flexibility index (Phi) is 5.63. The topological polar surface area (TPSA) is 59.8 Å². The van der Waals surface area contributed by atoms with Crippen molar-refractivity contribution in [2.24, 2.45) is 0 Å². The van der Waals surface area contributed by atoms with Crippen LogP contribution in [0.2, 0.25) is 5.02 Å². The van der Waals surface area contributed by atoms with Crippen LogP contribution < -0.4 is 5.32 Å². The summed E-state index contributed by atoms with van der Waals surface area (Å²) in [7, 11) is 0. The first-order valence-electron chi connectivity index (χ1n) is 9.64. The number of rotatable bonds is 5. The molecule has 1 N–H and O–H groups in total. The van der Waals surface area contributed by atoms with Crippen molar-refractivity contribution >= 4 is 17.5 Å². The molecule has 1 amide bonds. The lowest BCUT2D eigenvalue weighted by Crippen LogP contribution is -2.24. The number of amides is 1. The highest BCUT2D eigenvalue weighted by atomic mass is 35.5. The molecule has 1 aromatic heterocycles. The Morgan fingerprint density at radius 1 is 0.967 bits per heavy atom. The minimum Gasteiger partial charge on any atom is -0.345 e. The molecule has 0 spiro atoms. The van der Waals surface area contributed by atoms with Gasteiger partial charge in [0.05, 0.1) is 5.69 Å². The average molecular weight is 417 g/mol. The van der Waals surface area contributed by atoms with Crippen LogP contribution in [-0.4, -0.2) is 20.7 Å². The molecule has 0 bridgehead atoms. The van der Waals surface area contributed by atoms with Crippen LogP contribution in [0.3, 0.4) is 0 Å². The number of hydrogen-bond donors (Lipinski definition) is 1. The lowest BCUT2D eigenvalue weighted by atomic mass is 10.1. The van der Waals surface area contributed by atoms with Gasteiger partial charge < -0.3 is 5.32 Å². The summed E-state index contributed by atoms with van der Waals surface area (Å²) in [6, 6.07) is 23.3. The van der Waals surface area contributed by atoms with Gasteiger partial charge in [0.2, 0.25) is 5.82 Å². The maximum absolute atomic E-state index is 12.8. The minimum atomic E-state index is -0.328. The van der Waals surface area contributed by atoms with E-state index in [2.05, 4.69) is 15.4 Å². The zero-order chi connectivity index (χ0) is 21.1. The molecule has 0 aliphatic heterocycles. The first-order valence-corrected chi connectivity index (χ1v) is 10.0. The predicted octanol–water partition coefficient (Wildman–Crippen LogP) is 5.13. The summed E-state index contributed by atoms with van der Waals surface area (Å²) in [5, 5.41) is 8.05. The third-order valence-corrected chi connectivity index (χ3v) is 5.29. The molecule has 5 nitrogen and oxygen atoms in total. The summed E-state index contributed by atoms with van der Waals surface area (Å²) in [6.07, 6.45) is 0. The molecule has 6 heteroatoms. The van der Waals surface area contributed by atoms with E-state index in [1.165, 1.54) is 0 Å². The van der Waals surface area contributed by atoms with Gasteiger partial charge in [-0.15, -0.1) is 5.10 Å². The molecule has 4 rings (SSSR count). The first-order chi connectivity index (χ1) is 14.5. The van der Waals surface area contributed by atoms with E-state index in [0.717, 1.165) is 27.9 Å². The van der Waals surface area contributed by atoms with Crippen molar-refractivity contribution in [3.63, 3.8) is 0 Å². The van der Waals surface area contributed by atoms with Crippen LogP contribution >= 0.6 is 11.6 Å². The van der Waals surface area contributed by atoms with Gasteiger partial charge in [-0.05, 0) is 37.1 Å². The fourth-order valence-corrected chi connectivity index (χ4v) is 3.32. The molecule has 0 saturated heterocycles. The summed E-state index contributed by atoms with van der Waals surface area (Å²) >= 11 is 6.33. The number of nitrogens with one attached hydrogen (secondary N) is 1. The Balaban J connectivity index is 1.73. The molecule has 0 saturated carbocycles. The van der Waals surface area contributed by atoms with Crippen molar-refractivity contribution in [3.05, 3.63) is 100 Å². The lowest BCUT2D eigenvalue weighted by molar-refractivity contribution is 0.0940. The van der Waals surface area contributed by atoms with Crippen molar-refractivity contribution in [1.29, 1.82) is 0 Å². The van der Waals surface area contributed by atoms with Gasteiger partial charge in [-0.25, -0.2) is 9.67 Å². The van der Waals surface area contributed by atoms with Crippen molar-refractivity contribution in [3.8, 4) is 17.1 Å². The van der Waals surface area contributed by atoms with Crippen molar-refractivity contribution < 1.29 is 4.79 Å². The monoisotopic (exact) mass is 416 g/mol. The highest BCUT2D eigenvalue weighted by molar-refractivity contribution is 6.31. The molecule has 0 aliphatic carbocycles. The molecule has 30 heavy (non-hydrogen) atoms. The largest absolute Gasteiger partial charge is 0.345 e. The predicted molar refractivity (Wildman–Crippen MR) is 119 cm³/mol. The Morgan fingerprint density at radius 2 is 1.70 bits per heavy atom. The van der Waals surface area contributed by atoms with E-state index in [-0.39, 0.29) is 11.7 Å². The van der Waals surface area contributed by atoms with E-state index >= 15 is 0 Å². The van der Waals surface area contributed by atoms with Crippen molar-refractivity contribution in [2.45, 2.75) is 20.4 Å². The number of halogens is 1. The number of carbonyl (C=O) groups is 1. The Hall–Kier alpha value is -3.44. The smallest absolute Gasteiger partial charge is 0.291 e. The summed E-state index contributed by atoms with van der Waals surface area (Å²) in [6.45, 7) is 4.36. The van der Waals surface area contributed by atoms with Crippen molar-refractivity contribution in [1.82, 2.24) is 20.1 Å². The van der Waals surface area contributed by atoms with Gasteiger partial charge in [0, 0.05) is 17.1 Å². The highest BCUT2D eigenvalue weighted by Gasteiger charge is 2.20. The summed E-state index contributed by atoms with van der Waals surface area (Å²) in [5.74, 6) is 0.372. The van der Waals surface area contributed by atoms with Gasteiger partial charge in [-0.3, -0.25) is 4.79 Å². The van der Waals surface area contributed by atoms with Crippen LogP contribution in [0, 0.1) is 13.8 Å². The van der Waals surface area contributed by atoms with Crippen LogP contribution in [-0.2, 0) is 6.54 Å². The third-order valence-electron chi connectivity index (χ3n) is 4.88. The molecule has 4 aromatic rings. The molecule has 0 fully saturated rings. The van der Waals surface area contributed by atoms with Crippen LogP contribution in [0.1, 0.15) is 27.3 Å². The Bertz CT molecular complexity index is 1180. The lowest BCUT2D eigenvalue weighted by Gasteiger charge is -2.10. The Labute approximate surface area is 180 Å². The molecule has 1 heterocycles. The SMILES string of the molecule is Cc1ccc(-c2nc(C(=O)NCc3ccccc3)nn2-c2cccc(Cl)c2C)cc1. The number of benzene rings is 3. The summed E-state index contributed by atoms with van der Waals surface area (Å²) < 4.78 is 1.68. The number of aryl methyl sites for hydroxylation is 1. The van der Waals surface area contributed by atoms with Crippen LogP contribution in [0.4, 0.5) is 0 Å². The van der Waals surface area contributed by atoms with Crippen LogP contribution in [0.5, 0.6) is 0 Å². The second-order valence-electron chi connectivity index (χ2n) is 7.09. The van der Waals surface area contributed by atoms with Gasteiger partial charge in [-0.2, -0.15) is 0 Å².